The monoisotopic (exact) mass is 433 g/mol. The van der Waals surface area contributed by atoms with E-state index >= 15 is 0 Å². The highest BCUT2D eigenvalue weighted by Gasteiger charge is 2.18. The molecule has 2 aromatic carbocycles. The van der Waals surface area contributed by atoms with Gasteiger partial charge in [-0.1, -0.05) is 12.1 Å². The minimum Gasteiger partial charge on any atom is -0.493 e. The van der Waals surface area contributed by atoms with Crippen molar-refractivity contribution >= 4 is 23.2 Å². The van der Waals surface area contributed by atoms with Crippen LogP contribution in [0.3, 0.4) is 0 Å². The van der Waals surface area contributed by atoms with Gasteiger partial charge in [-0.05, 0) is 43.5 Å². The number of anilines is 3. The normalized spacial score (nSPS) is 13.4. The van der Waals surface area contributed by atoms with E-state index in [2.05, 4.69) is 25.5 Å². The number of rotatable bonds is 6. The molecule has 0 atom stereocenters. The first kappa shape index (κ1) is 21.4. The van der Waals surface area contributed by atoms with Gasteiger partial charge in [-0.25, -0.2) is 9.78 Å². The van der Waals surface area contributed by atoms with Crippen LogP contribution in [0.2, 0.25) is 0 Å². The molecule has 0 unspecified atom stereocenters. The molecule has 8 heteroatoms. The second-order valence-corrected chi connectivity index (χ2v) is 7.51. The maximum absolute atomic E-state index is 12.6. The van der Waals surface area contributed by atoms with Gasteiger partial charge >= 0.3 is 6.03 Å². The summed E-state index contributed by atoms with van der Waals surface area (Å²) in [5.41, 5.74) is 2.98. The minimum absolute atomic E-state index is 0.357. The third-order valence-corrected chi connectivity index (χ3v) is 5.37. The lowest BCUT2D eigenvalue weighted by atomic mass is 10.1. The van der Waals surface area contributed by atoms with Gasteiger partial charge in [0.15, 0.2) is 17.3 Å². The van der Waals surface area contributed by atoms with Gasteiger partial charge in [0.05, 0.1) is 14.2 Å². The van der Waals surface area contributed by atoms with Crippen LogP contribution in [0.15, 0.2) is 54.9 Å². The maximum Gasteiger partial charge on any atom is 0.323 e. The number of benzene rings is 2. The fraction of sp³-hybridized carbons (Fsp3) is 0.292. The topological polar surface area (TPSA) is 88.6 Å². The Morgan fingerprint density at radius 2 is 1.59 bits per heavy atom. The lowest BCUT2D eigenvalue weighted by Crippen LogP contribution is -2.30. The van der Waals surface area contributed by atoms with Gasteiger partial charge in [0.25, 0.3) is 0 Å². The molecule has 1 aliphatic rings. The molecular formula is C24H27N5O3. The molecule has 2 amide bonds. The van der Waals surface area contributed by atoms with E-state index in [9.17, 15) is 4.79 Å². The first-order valence-corrected chi connectivity index (χ1v) is 10.6. The number of hydrogen-bond donors (Lipinski definition) is 2. The Morgan fingerprint density at radius 1 is 0.875 bits per heavy atom. The number of amides is 2. The lowest BCUT2D eigenvalue weighted by molar-refractivity contribution is 0.262. The summed E-state index contributed by atoms with van der Waals surface area (Å²) in [6.45, 7) is 1.97. The van der Waals surface area contributed by atoms with Crippen LogP contribution < -0.4 is 25.0 Å². The van der Waals surface area contributed by atoms with Crippen LogP contribution in [0, 0.1) is 0 Å². The highest BCUT2D eigenvalue weighted by Crippen LogP contribution is 2.31. The van der Waals surface area contributed by atoms with Crippen molar-refractivity contribution in [3.63, 3.8) is 0 Å². The van der Waals surface area contributed by atoms with Crippen molar-refractivity contribution in [1.82, 2.24) is 9.97 Å². The summed E-state index contributed by atoms with van der Waals surface area (Å²) >= 11 is 0. The molecule has 32 heavy (non-hydrogen) atoms. The van der Waals surface area contributed by atoms with E-state index in [4.69, 9.17) is 9.47 Å². The Bertz CT molecular complexity index is 1080. The number of piperidine rings is 1. The SMILES string of the molecule is COc1ccc(NC(=O)Nc2cccc(-c3nccnc3N3CCCCC3)c2)cc1OC. The van der Waals surface area contributed by atoms with E-state index in [1.807, 2.05) is 24.3 Å². The van der Waals surface area contributed by atoms with Gasteiger partial charge < -0.3 is 25.0 Å². The molecule has 1 aromatic heterocycles. The number of ether oxygens (including phenoxy) is 2. The number of carbonyl (C=O) groups is 1. The predicted octanol–water partition coefficient (Wildman–Crippen LogP) is 4.80. The van der Waals surface area contributed by atoms with Crippen molar-refractivity contribution < 1.29 is 14.3 Å². The number of methoxy groups -OCH3 is 2. The Balaban J connectivity index is 1.50. The van der Waals surface area contributed by atoms with E-state index < -0.39 is 0 Å². The third-order valence-electron chi connectivity index (χ3n) is 5.37. The molecule has 3 aromatic rings. The van der Waals surface area contributed by atoms with E-state index in [0.29, 0.717) is 22.9 Å². The zero-order valence-corrected chi connectivity index (χ0v) is 18.3. The van der Waals surface area contributed by atoms with Crippen molar-refractivity contribution in [2.45, 2.75) is 19.3 Å². The Kier molecular flexibility index (Phi) is 6.69. The molecular weight excluding hydrogens is 406 g/mol. The molecule has 0 aliphatic carbocycles. The van der Waals surface area contributed by atoms with Gasteiger partial charge in [0, 0.05) is 48.5 Å². The molecule has 0 bridgehead atoms. The Hall–Kier alpha value is -3.81. The van der Waals surface area contributed by atoms with Crippen molar-refractivity contribution in [2.75, 3.05) is 42.8 Å². The van der Waals surface area contributed by atoms with E-state index in [1.54, 1.807) is 44.8 Å². The van der Waals surface area contributed by atoms with Gasteiger partial charge in [-0.15, -0.1) is 0 Å². The Morgan fingerprint density at radius 3 is 2.34 bits per heavy atom. The quantitative estimate of drug-likeness (QED) is 0.581. The highest BCUT2D eigenvalue weighted by molar-refractivity contribution is 6.00. The standard InChI is InChI=1S/C24H27N5O3/c1-31-20-10-9-19(16-21(20)32-2)28-24(30)27-18-8-6-7-17(15-18)22-23(26-12-11-25-22)29-13-4-3-5-14-29/h6-12,15-16H,3-5,13-14H2,1-2H3,(H2,27,28,30). The van der Waals surface area contributed by atoms with Crippen LogP contribution >= 0.6 is 0 Å². The van der Waals surface area contributed by atoms with Gasteiger partial charge in [0.2, 0.25) is 0 Å². The lowest BCUT2D eigenvalue weighted by Gasteiger charge is -2.28. The van der Waals surface area contributed by atoms with Crippen molar-refractivity contribution in [3.05, 3.63) is 54.9 Å². The zero-order chi connectivity index (χ0) is 22.3. The molecule has 166 valence electrons. The molecule has 0 spiro atoms. The van der Waals surface area contributed by atoms with Crippen LogP contribution in [0.1, 0.15) is 19.3 Å². The molecule has 4 rings (SSSR count). The maximum atomic E-state index is 12.6. The second kappa shape index (κ2) is 10.00. The summed E-state index contributed by atoms with van der Waals surface area (Å²) in [6.07, 6.45) is 7.00. The van der Waals surface area contributed by atoms with Crippen LogP contribution in [0.5, 0.6) is 11.5 Å². The molecule has 0 radical (unpaired) electrons. The van der Waals surface area contributed by atoms with Crippen LogP contribution in [-0.4, -0.2) is 43.3 Å². The van der Waals surface area contributed by atoms with Crippen molar-refractivity contribution in [1.29, 1.82) is 0 Å². The Labute approximate surface area is 187 Å². The highest BCUT2D eigenvalue weighted by atomic mass is 16.5. The average molecular weight is 434 g/mol. The van der Waals surface area contributed by atoms with Gasteiger partial charge in [-0.3, -0.25) is 4.98 Å². The summed E-state index contributed by atoms with van der Waals surface area (Å²) in [6, 6.07) is 12.5. The van der Waals surface area contributed by atoms with Gasteiger partial charge in [0.1, 0.15) is 5.69 Å². The summed E-state index contributed by atoms with van der Waals surface area (Å²) in [7, 11) is 3.12. The number of urea groups is 1. The number of hydrogen-bond acceptors (Lipinski definition) is 6. The minimum atomic E-state index is -0.357. The molecule has 1 saturated heterocycles. The fourth-order valence-electron chi connectivity index (χ4n) is 3.82. The molecule has 2 heterocycles. The first-order chi connectivity index (χ1) is 15.7. The first-order valence-electron chi connectivity index (χ1n) is 10.6. The molecule has 8 nitrogen and oxygen atoms in total. The number of nitrogens with one attached hydrogen (secondary N) is 2. The smallest absolute Gasteiger partial charge is 0.323 e. The van der Waals surface area contributed by atoms with Crippen molar-refractivity contribution in [3.8, 4) is 22.8 Å². The van der Waals surface area contributed by atoms with Crippen LogP contribution in [0.4, 0.5) is 22.0 Å². The second-order valence-electron chi connectivity index (χ2n) is 7.51. The third kappa shape index (κ3) is 4.91. The van der Waals surface area contributed by atoms with Crippen LogP contribution in [0.25, 0.3) is 11.3 Å². The predicted molar refractivity (Wildman–Crippen MR) is 126 cm³/mol. The average Bonchev–Trinajstić information content (AvgIpc) is 2.84. The van der Waals surface area contributed by atoms with E-state index in [0.717, 1.165) is 43.0 Å². The number of aromatic nitrogens is 2. The summed E-state index contributed by atoms with van der Waals surface area (Å²) in [4.78, 5) is 24.0. The molecule has 1 aliphatic heterocycles. The largest absolute Gasteiger partial charge is 0.493 e. The van der Waals surface area contributed by atoms with Gasteiger partial charge in [-0.2, -0.15) is 0 Å². The molecule has 2 N–H and O–H groups in total. The zero-order valence-electron chi connectivity index (χ0n) is 18.3. The summed E-state index contributed by atoms with van der Waals surface area (Å²) < 4.78 is 10.5. The van der Waals surface area contributed by atoms with E-state index in [1.165, 1.54) is 6.42 Å². The molecule has 0 saturated carbocycles. The van der Waals surface area contributed by atoms with E-state index in [-0.39, 0.29) is 6.03 Å². The van der Waals surface area contributed by atoms with Crippen molar-refractivity contribution in [2.24, 2.45) is 0 Å². The number of carbonyl (C=O) groups excluding carboxylic acids is 1. The number of nitrogens with zero attached hydrogens (tertiary/aromatic N) is 3. The molecule has 1 fully saturated rings. The van der Waals surface area contributed by atoms with Crippen LogP contribution in [-0.2, 0) is 0 Å². The summed E-state index contributed by atoms with van der Waals surface area (Å²) in [5.74, 6) is 2.03. The summed E-state index contributed by atoms with van der Waals surface area (Å²) in [5, 5.41) is 5.70. The fourth-order valence-corrected chi connectivity index (χ4v) is 3.82.